The van der Waals surface area contributed by atoms with Gasteiger partial charge in [-0.05, 0) is 128 Å². The van der Waals surface area contributed by atoms with Crippen LogP contribution in [0.1, 0.15) is 105 Å². The molecule has 5 fully saturated rings. The lowest BCUT2D eigenvalue weighted by molar-refractivity contribution is -0.232. The number of carbonyl (C=O) groups is 2. The van der Waals surface area contributed by atoms with Crippen LogP contribution in [0.15, 0.2) is 42.0 Å². The van der Waals surface area contributed by atoms with Crippen molar-refractivity contribution in [3.63, 3.8) is 0 Å². The van der Waals surface area contributed by atoms with Crippen LogP contribution >= 0.6 is 0 Å². The van der Waals surface area contributed by atoms with Gasteiger partial charge in [-0.15, -0.1) is 0 Å². The highest BCUT2D eigenvalue weighted by Crippen LogP contribution is 2.77. The summed E-state index contributed by atoms with van der Waals surface area (Å²) in [6, 6.07) is 8.05. The van der Waals surface area contributed by atoms with E-state index in [4.69, 9.17) is 9.47 Å². The number of ketones is 1. The van der Waals surface area contributed by atoms with Crippen molar-refractivity contribution < 1.29 is 19.1 Å². The molecule has 0 spiro atoms. The average Bonchev–Trinajstić information content (AvgIpc) is 3.37. The van der Waals surface area contributed by atoms with Crippen molar-refractivity contribution in [3.8, 4) is 5.75 Å². The van der Waals surface area contributed by atoms with Gasteiger partial charge in [0.15, 0.2) is 5.78 Å². The van der Waals surface area contributed by atoms with Crippen LogP contribution in [-0.4, -0.2) is 26.0 Å². The maximum absolute atomic E-state index is 14.2. The zero-order chi connectivity index (χ0) is 31.2. The van der Waals surface area contributed by atoms with Gasteiger partial charge >= 0.3 is 5.97 Å². The summed E-state index contributed by atoms with van der Waals surface area (Å²) in [7, 11) is 3.29. The Hall–Kier alpha value is -2.36. The molecule has 5 aliphatic rings. The monoisotopic (exact) mass is 586 g/mol. The number of methoxy groups -OCH3 is 2. The largest absolute Gasteiger partial charge is 0.496 e. The molecule has 0 N–H and O–H groups in total. The number of allylic oxidation sites excluding steroid dienone is 2. The Balaban J connectivity index is 1.42. The van der Waals surface area contributed by atoms with E-state index in [9.17, 15) is 9.59 Å². The molecular weight excluding hydrogens is 532 g/mol. The molecule has 9 atom stereocenters. The van der Waals surface area contributed by atoms with E-state index in [-0.39, 0.29) is 27.6 Å². The van der Waals surface area contributed by atoms with E-state index in [1.54, 1.807) is 14.2 Å². The number of hydrogen-bond donors (Lipinski definition) is 0. The highest BCUT2D eigenvalue weighted by atomic mass is 16.5. The molecule has 43 heavy (non-hydrogen) atoms. The zero-order valence-electron chi connectivity index (χ0n) is 28.0. The summed E-state index contributed by atoms with van der Waals surface area (Å²) in [5.74, 6) is 3.19. The van der Waals surface area contributed by atoms with E-state index in [2.05, 4.69) is 60.3 Å². The number of rotatable bonds is 4. The predicted molar refractivity (Wildman–Crippen MR) is 172 cm³/mol. The van der Waals surface area contributed by atoms with Crippen LogP contribution in [0.5, 0.6) is 5.75 Å². The first kappa shape index (κ1) is 30.7. The van der Waals surface area contributed by atoms with Crippen LogP contribution < -0.4 is 4.74 Å². The molecule has 5 aliphatic carbocycles. The minimum absolute atomic E-state index is 0.0184. The summed E-state index contributed by atoms with van der Waals surface area (Å²) in [4.78, 5) is 27.7. The van der Waals surface area contributed by atoms with E-state index < -0.39 is 5.41 Å². The standard InChI is InChI=1S/C39H54O4/c1-24(2)27-16-19-39(34(41)43-9)21-20-37(6)28(32(27)39)14-15-31-36(5)23-26(22-25-12-10-11-13-29(25)42-8)33(40)35(3,4)30(36)17-18-38(31,37)7/h10-13,22,27-28,30-32H,1,14-21,23H2,2-9H3/b26-22-/t27-,28?,30?,31?,32?,36-,37+,38+,39?/m0/s1. The molecule has 0 aliphatic heterocycles. The minimum atomic E-state index is -0.414. The van der Waals surface area contributed by atoms with E-state index in [1.807, 2.05) is 18.2 Å². The number of benzene rings is 1. The Labute approximate surface area is 260 Å². The lowest BCUT2D eigenvalue weighted by atomic mass is 9.32. The van der Waals surface area contributed by atoms with Gasteiger partial charge in [0.05, 0.1) is 19.6 Å². The van der Waals surface area contributed by atoms with Crippen molar-refractivity contribution in [2.75, 3.05) is 14.2 Å². The number of ether oxygens (including phenoxy) is 2. The lowest BCUT2D eigenvalue weighted by Gasteiger charge is -2.72. The molecule has 6 rings (SSSR count). The highest BCUT2D eigenvalue weighted by Gasteiger charge is 2.72. The molecule has 5 unspecified atom stereocenters. The van der Waals surface area contributed by atoms with Gasteiger partial charge in [0, 0.05) is 11.0 Å². The summed E-state index contributed by atoms with van der Waals surface area (Å²) in [5.41, 5.74) is 2.68. The zero-order valence-corrected chi connectivity index (χ0v) is 28.0. The van der Waals surface area contributed by atoms with E-state index in [0.717, 1.165) is 74.7 Å². The molecule has 0 saturated heterocycles. The molecule has 4 heteroatoms. The summed E-state index contributed by atoms with van der Waals surface area (Å²) < 4.78 is 11.2. The van der Waals surface area contributed by atoms with Gasteiger partial charge in [0.25, 0.3) is 0 Å². The van der Waals surface area contributed by atoms with Crippen LogP contribution in [0.25, 0.3) is 6.08 Å². The van der Waals surface area contributed by atoms with Gasteiger partial charge in [0.1, 0.15) is 5.75 Å². The summed E-state index contributed by atoms with van der Waals surface area (Å²) >= 11 is 0. The number of carbonyl (C=O) groups excluding carboxylic acids is 2. The molecule has 1 aromatic rings. The lowest BCUT2D eigenvalue weighted by Crippen LogP contribution is -2.67. The van der Waals surface area contributed by atoms with E-state index in [1.165, 1.54) is 5.57 Å². The Morgan fingerprint density at radius 2 is 1.63 bits per heavy atom. The predicted octanol–water partition coefficient (Wildman–Crippen LogP) is 9.09. The fourth-order valence-corrected chi connectivity index (χ4v) is 12.7. The van der Waals surface area contributed by atoms with Crippen LogP contribution in [0, 0.1) is 56.7 Å². The van der Waals surface area contributed by atoms with Crippen molar-refractivity contribution in [2.24, 2.45) is 56.7 Å². The van der Waals surface area contributed by atoms with Gasteiger partial charge in [-0.25, -0.2) is 0 Å². The molecule has 0 bridgehead atoms. The van der Waals surface area contributed by atoms with Crippen molar-refractivity contribution in [3.05, 3.63) is 47.6 Å². The van der Waals surface area contributed by atoms with Crippen LogP contribution in [0.3, 0.4) is 0 Å². The number of hydrogen-bond acceptors (Lipinski definition) is 4. The highest BCUT2D eigenvalue weighted by molar-refractivity contribution is 6.04. The van der Waals surface area contributed by atoms with Gasteiger partial charge in [0.2, 0.25) is 0 Å². The van der Waals surface area contributed by atoms with E-state index in [0.29, 0.717) is 35.4 Å². The Morgan fingerprint density at radius 3 is 2.30 bits per heavy atom. The van der Waals surface area contributed by atoms with Crippen molar-refractivity contribution in [1.82, 2.24) is 0 Å². The Kier molecular flexibility index (Phi) is 7.18. The first-order chi connectivity index (χ1) is 20.2. The number of Topliss-reactive ketones (excluding diaryl/α,β-unsaturated/α-hetero) is 1. The molecule has 0 amide bonds. The quantitative estimate of drug-likeness (QED) is 0.201. The van der Waals surface area contributed by atoms with E-state index >= 15 is 0 Å². The maximum atomic E-state index is 14.2. The molecular formula is C39H54O4. The van der Waals surface area contributed by atoms with Gasteiger partial charge in [-0.1, -0.05) is 65.0 Å². The molecule has 5 saturated carbocycles. The van der Waals surface area contributed by atoms with Crippen molar-refractivity contribution >= 4 is 17.8 Å². The van der Waals surface area contributed by atoms with Crippen LogP contribution in [0.4, 0.5) is 0 Å². The fraction of sp³-hybridized carbons (Fsp3) is 0.692. The second-order valence-electron chi connectivity index (χ2n) is 16.5. The summed E-state index contributed by atoms with van der Waals surface area (Å²) in [5, 5.41) is 0. The maximum Gasteiger partial charge on any atom is 0.312 e. The summed E-state index contributed by atoms with van der Waals surface area (Å²) in [6.07, 6.45) is 11.5. The average molecular weight is 587 g/mol. The van der Waals surface area contributed by atoms with Gasteiger partial charge < -0.3 is 9.47 Å². The second-order valence-corrected chi connectivity index (χ2v) is 16.5. The third kappa shape index (κ3) is 3.99. The first-order valence-corrected chi connectivity index (χ1v) is 16.8. The Morgan fingerprint density at radius 1 is 0.907 bits per heavy atom. The molecule has 0 aromatic heterocycles. The first-order valence-electron chi connectivity index (χ1n) is 16.8. The second kappa shape index (κ2) is 10.1. The SMILES string of the molecule is C=C(C)[C@@H]1CCC2(C(=O)OC)CC[C@]3(C)C(CCC4[C@@]5(C)C/C(=C/c6ccccc6OC)C(=O)C(C)(C)C5CC[C@]43C)C12. The number of para-hydroxylation sites is 1. The third-order valence-corrected chi connectivity index (χ3v) is 14.7. The topological polar surface area (TPSA) is 52.6 Å². The molecule has 0 radical (unpaired) electrons. The van der Waals surface area contributed by atoms with Crippen LogP contribution in [-0.2, 0) is 14.3 Å². The molecule has 4 nitrogen and oxygen atoms in total. The van der Waals surface area contributed by atoms with Crippen molar-refractivity contribution in [1.29, 1.82) is 0 Å². The molecule has 234 valence electrons. The summed E-state index contributed by atoms with van der Waals surface area (Å²) in [6.45, 7) is 18.8. The number of fused-ring (bicyclic) bond motifs is 7. The Bertz CT molecular complexity index is 1370. The number of esters is 1. The van der Waals surface area contributed by atoms with Crippen molar-refractivity contribution in [2.45, 2.75) is 99.3 Å². The third-order valence-electron chi connectivity index (χ3n) is 14.7. The van der Waals surface area contributed by atoms with Crippen LogP contribution in [0.2, 0.25) is 0 Å². The molecule has 1 aromatic carbocycles. The van der Waals surface area contributed by atoms with Gasteiger partial charge in [-0.2, -0.15) is 0 Å². The molecule has 0 heterocycles. The smallest absolute Gasteiger partial charge is 0.312 e. The van der Waals surface area contributed by atoms with Gasteiger partial charge in [-0.3, -0.25) is 9.59 Å². The minimum Gasteiger partial charge on any atom is -0.496 e. The fourth-order valence-electron chi connectivity index (χ4n) is 12.7. The normalized spacial score (nSPS) is 44.0.